The standard InChI is InChI=1S/C23H21NO4/c1-2-3-4-9-14-28-23(27)18-17-12-7-8-13-24(17)20-19(18)21(25)15-10-5-6-11-16(15)22(20)26/h5-8,10-13H,2-4,9,14H2,1H3. The molecule has 142 valence electrons. The van der Waals surface area contributed by atoms with Gasteiger partial charge in [0, 0.05) is 17.3 Å². The van der Waals surface area contributed by atoms with Gasteiger partial charge in [-0.15, -0.1) is 0 Å². The molecule has 1 aliphatic rings. The van der Waals surface area contributed by atoms with Crippen LogP contribution < -0.4 is 0 Å². The molecule has 0 bridgehead atoms. The van der Waals surface area contributed by atoms with Gasteiger partial charge in [-0.25, -0.2) is 4.79 Å². The Morgan fingerprint density at radius 2 is 1.64 bits per heavy atom. The Morgan fingerprint density at radius 1 is 0.929 bits per heavy atom. The van der Waals surface area contributed by atoms with E-state index in [1.165, 1.54) is 0 Å². The summed E-state index contributed by atoms with van der Waals surface area (Å²) in [6.45, 7) is 2.42. The number of hydrogen-bond donors (Lipinski definition) is 0. The zero-order valence-corrected chi connectivity index (χ0v) is 15.7. The summed E-state index contributed by atoms with van der Waals surface area (Å²) in [4.78, 5) is 39.2. The van der Waals surface area contributed by atoms with E-state index < -0.39 is 5.97 Å². The van der Waals surface area contributed by atoms with Gasteiger partial charge in [0.1, 0.15) is 5.69 Å². The predicted octanol–water partition coefficient (Wildman–Crippen LogP) is 4.45. The SMILES string of the molecule is CCCCCCOC(=O)c1c2c(n3ccccc13)C(=O)c1ccccc1C2=O. The van der Waals surface area contributed by atoms with E-state index in [1.54, 1.807) is 53.1 Å². The second kappa shape index (κ2) is 7.43. The molecule has 2 heterocycles. The van der Waals surface area contributed by atoms with E-state index in [9.17, 15) is 14.4 Å². The van der Waals surface area contributed by atoms with Gasteiger partial charge in [0.15, 0.2) is 5.78 Å². The lowest BCUT2D eigenvalue weighted by atomic mass is 9.86. The van der Waals surface area contributed by atoms with Crippen LogP contribution in [-0.4, -0.2) is 28.5 Å². The maximum atomic E-state index is 13.2. The molecule has 0 spiro atoms. The lowest BCUT2D eigenvalue weighted by Gasteiger charge is -2.15. The van der Waals surface area contributed by atoms with Crippen molar-refractivity contribution in [2.75, 3.05) is 6.61 Å². The molecule has 0 N–H and O–H groups in total. The minimum atomic E-state index is -0.554. The van der Waals surface area contributed by atoms with Crippen LogP contribution in [0.5, 0.6) is 0 Å². The number of carbonyl (C=O) groups is 3. The predicted molar refractivity (Wildman–Crippen MR) is 105 cm³/mol. The lowest BCUT2D eigenvalue weighted by Crippen LogP contribution is -2.23. The average Bonchev–Trinajstić information content (AvgIpc) is 3.07. The molecule has 1 aromatic carbocycles. The Kier molecular flexibility index (Phi) is 4.82. The molecule has 28 heavy (non-hydrogen) atoms. The second-order valence-electron chi connectivity index (χ2n) is 6.95. The number of ketones is 2. The number of carbonyl (C=O) groups excluding carboxylic acids is 3. The molecule has 0 fully saturated rings. The quantitative estimate of drug-likeness (QED) is 0.369. The Labute approximate surface area is 162 Å². The van der Waals surface area contributed by atoms with Crippen LogP contribution in [0.2, 0.25) is 0 Å². The van der Waals surface area contributed by atoms with E-state index >= 15 is 0 Å². The van der Waals surface area contributed by atoms with Crippen molar-refractivity contribution >= 4 is 23.1 Å². The molecule has 2 aromatic heterocycles. The molecule has 0 saturated heterocycles. The van der Waals surface area contributed by atoms with Gasteiger partial charge in [0.25, 0.3) is 0 Å². The van der Waals surface area contributed by atoms with Gasteiger partial charge < -0.3 is 9.14 Å². The lowest BCUT2D eigenvalue weighted by molar-refractivity contribution is 0.0497. The van der Waals surface area contributed by atoms with Crippen molar-refractivity contribution in [1.82, 2.24) is 4.40 Å². The molecule has 3 aromatic rings. The van der Waals surface area contributed by atoms with Gasteiger partial charge in [0.2, 0.25) is 5.78 Å². The smallest absolute Gasteiger partial charge is 0.341 e. The maximum absolute atomic E-state index is 13.2. The highest BCUT2D eigenvalue weighted by Gasteiger charge is 2.38. The van der Waals surface area contributed by atoms with Crippen LogP contribution in [-0.2, 0) is 4.74 Å². The summed E-state index contributed by atoms with van der Waals surface area (Å²) in [6, 6.07) is 12.0. The summed E-state index contributed by atoms with van der Waals surface area (Å²) in [5.74, 6) is -1.12. The van der Waals surface area contributed by atoms with E-state index in [2.05, 4.69) is 6.92 Å². The number of ether oxygens (including phenoxy) is 1. The third kappa shape index (κ3) is 2.83. The summed E-state index contributed by atoms with van der Waals surface area (Å²) in [5.41, 5.74) is 1.76. The molecule has 4 rings (SSSR count). The highest BCUT2D eigenvalue weighted by Crippen LogP contribution is 2.34. The molecule has 0 amide bonds. The van der Waals surface area contributed by atoms with Crippen molar-refractivity contribution in [3.63, 3.8) is 0 Å². The van der Waals surface area contributed by atoms with Gasteiger partial charge in [-0.3, -0.25) is 9.59 Å². The number of aromatic nitrogens is 1. The molecule has 5 heteroatoms. The van der Waals surface area contributed by atoms with Crippen LogP contribution in [0, 0.1) is 0 Å². The number of nitrogens with zero attached hydrogens (tertiary/aromatic N) is 1. The van der Waals surface area contributed by atoms with Crippen LogP contribution in [0.3, 0.4) is 0 Å². The molecule has 5 nitrogen and oxygen atoms in total. The minimum absolute atomic E-state index is 0.147. The molecule has 0 unspecified atom stereocenters. The zero-order valence-electron chi connectivity index (χ0n) is 15.7. The van der Waals surface area contributed by atoms with Crippen molar-refractivity contribution in [2.45, 2.75) is 32.6 Å². The molecule has 0 radical (unpaired) electrons. The Morgan fingerprint density at radius 3 is 2.39 bits per heavy atom. The summed E-state index contributed by atoms with van der Waals surface area (Å²) >= 11 is 0. The van der Waals surface area contributed by atoms with Gasteiger partial charge in [-0.2, -0.15) is 0 Å². The Balaban J connectivity index is 1.79. The monoisotopic (exact) mass is 375 g/mol. The van der Waals surface area contributed by atoms with E-state index in [0.717, 1.165) is 25.7 Å². The molecule has 0 atom stereocenters. The van der Waals surface area contributed by atoms with Crippen molar-refractivity contribution < 1.29 is 19.1 Å². The van der Waals surface area contributed by atoms with Gasteiger partial charge in [0.05, 0.1) is 23.3 Å². The highest BCUT2D eigenvalue weighted by atomic mass is 16.5. The molecule has 0 aliphatic heterocycles. The number of hydrogen-bond acceptors (Lipinski definition) is 4. The van der Waals surface area contributed by atoms with E-state index in [-0.39, 0.29) is 28.4 Å². The van der Waals surface area contributed by atoms with Crippen molar-refractivity contribution in [3.05, 3.63) is 76.6 Å². The number of rotatable bonds is 6. The zero-order chi connectivity index (χ0) is 19.7. The highest BCUT2D eigenvalue weighted by molar-refractivity contribution is 6.31. The normalized spacial score (nSPS) is 12.8. The molecule has 1 aliphatic carbocycles. The van der Waals surface area contributed by atoms with Crippen molar-refractivity contribution in [3.8, 4) is 0 Å². The van der Waals surface area contributed by atoms with Crippen LogP contribution in [0.4, 0.5) is 0 Å². The van der Waals surface area contributed by atoms with Gasteiger partial charge in [-0.05, 0) is 18.6 Å². The maximum Gasteiger partial charge on any atom is 0.341 e. The molecular formula is C23H21NO4. The Hall–Kier alpha value is -3.21. The minimum Gasteiger partial charge on any atom is -0.462 e. The number of esters is 1. The topological polar surface area (TPSA) is 64.8 Å². The first-order chi connectivity index (χ1) is 13.6. The van der Waals surface area contributed by atoms with E-state index in [4.69, 9.17) is 4.74 Å². The second-order valence-corrected chi connectivity index (χ2v) is 6.95. The van der Waals surface area contributed by atoms with E-state index in [1.807, 2.05) is 0 Å². The van der Waals surface area contributed by atoms with Crippen molar-refractivity contribution in [2.24, 2.45) is 0 Å². The van der Waals surface area contributed by atoms with Crippen LogP contribution >= 0.6 is 0 Å². The fourth-order valence-electron chi connectivity index (χ4n) is 3.77. The third-order valence-corrected chi connectivity index (χ3v) is 5.14. The summed E-state index contributed by atoms with van der Waals surface area (Å²) < 4.78 is 7.09. The first kappa shape index (κ1) is 18.2. The molecular weight excluding hydrogens is 354 g/mol. The number of benzene rings is 1. The van der Waals surface area contributed by atoms with E-state index in [0.29, 0.717) is 23.3 Å². The largest absolute Gasteiger partial charge is 0.462 e. The first-order valence-electron chi connectivity index (χ1n) is 9.63. The first-order valence-corrected chi connectivity index (χ1v) is 9.63. The fourth-order valence-corrected chi connectivity index (χ4v) is 3.77. The summed E-state index contributed by atoms with van der Waals surface area (Å²) in [5, 5.41) is 0. The van der Waals surface area contributed by atoms with Gasteiger partial charge in [-0.1, -0.05) is 56.5 Å². The summed E-state index contributed by atoms with van der Waals surface area (Å²) in [7, 11) is 0. The average molecular weight is 375 g/mol. The molecule has 0 saturated carbocycles. The van der Waals surface area contributed by atoms with Crippen molar-refractivity contribution in [1.29, 1.82) is 0 Å². The van der Waals surface area contributed by atoms with Crippen LogP contribution in [0.1, 0.15) is 74.9 Å². The fraction of sp³-hybridized carbons (Fsp3) is 0.261. The van der Waals surface area contributed by atoms with Crippen LogP contribution in [0.15, 0.2) is 48.7 Å². The Bertz CT molecular complexity index is 1090. The number of fused-ring (bicyclic) bond motifs is 4. The number of pyridine rings is 1. The third-order valence-electron chi connectivity index (χ3n) is 5.14. The van der Waals surface area contributed by atoms with Crippen LogP contribution in [0.25, 0.3) is 5.52 Å². The van der Waals surface area contributed by atoms with Gasteiger partial charge >= 0.3 is 5.97 Å². The number of unbranched alkanes of at least 4 members (excludes halogenated alkanes) is 3. The summed E-state index contributed by atoms with van der Waals surface area (Å²) in [6.07, 6.45) is 5.66.